The number of carbonyl (C=O) groups is 1. The molecule has 1 aromatic heterocycles. The normalized spacial score (nSPS) is 10.5. The van der Waals surface area contributed by atoms with Crippen LogP contribution >= 0.6 is 11.3 Å². The van der Waals surface area contributed by atoms with E-state index >= 15 is 0 Å². The van der Waals surface area contributed by atoms with Crippen LogP contribution in [-0.4, -0.2) is 16.9 Å². The average Bonchev–Trinajstić information content (AvgIpc) is 2.28. The Hall–Kier alpha value is -1.10. The van der Waals surface area contributed by atoms with Crippen LogP contribution in [0.4, 0.5) is 5.13 Å². The van der Waals surface area contributed by atoms with Crippen molar-refractivity contribution in [1.29, 1.82) is 0 Å². The summed E-state index contributed by atoms with van der Waals surface area (Å²) < 4.78 is 0. The fraction of sp³-hybridized carbons (Fsp3) is 0.500. The number of nitrogens with two attached hydrogens (primary N) is 1. The first kappa shape index (κ1) is 9.98. The number of nitrogens with zero attached hydrogens (tertiary/aromatic N) is 1. The Morgan fingerprint density at radius 1 is 1.62 bits per heavy atom. The number of hydrogen-bond donors (Lipinski definition) is 2. The van der Waals surface area contributed by atoms with Gasteiger partial charge in [0.05, 0.1) is 5.69 Å². The first-order valence-corrected chi connectivity index (χ1v) is 4.86. The molecule has 0 aliphatic heterocycles. The summed E-state index contributed by atoms with van der Waals surface area (Å²) >= 11 is 1.22. The predicted octanol–water partition coefficient (Wildman–Crippen LogP) is 1.17. The number of anilines is 1. The molecule has 72 valence electrons. The first-order valence-electron chi connectivity index (χ1n) is 4.04. The second-order valence-corrected chi connectivity index (χ2v) is 4.13. The van der Waals surface area contributed by atoms with Gasteiger partial charge in [0.1, 0.15) is 4.88 Å². The average molecular weight is 199 g/mol. The Morgan fingerprint density at radius 2 is 2.23 bits per heavy atom. The second-order valence-electron chi connectivity index (χ2n) is 3.09. The van der Waals surface area contributed by atoms with E-state index in [4.69, 9.17) is 5.73 Å². The summed E-state index contributed by atoms with van der Waals surface area (Å²) in [5.41, 5.74) is 6.17. The molecule has 0 aliphatic rings. The summed E-state index contributed by atoms with van der Waals surface area (Å²) in [6.45, 7) is 5.61. The molecule has 0 radical (unpaired) electrons. The van der Waals surface area contributed by atoms with E-state index < -0.39 is 0 Å². The van der Waals surface area contributed by atoms with Gasteiger partial charge < -0.3 is 11.1 Å². The zero-order valence-electron chi connectivity index (χ0n) is 7.92. The third-order valence-electron chi connectivity index (χ3n) is 1.44. The lowest BCUT2D eigenvalue weighted by Gasteiger charge is -2.06. The lowest BCUT2D eigenvalue weighted by atomic mass is 10.3. The highest BCUT2D eigenvalue weighted by atomic mass is 32.1. The monoisotopic (exact) mass is 199 g/mol. The molecule has 0 fully saturated rings. The van der Waals surface area contributed by atoms with Crippen LogP contribution in [-0.2, 0) is 0 Å². The van der Waals surface area contributed by atoms with Crippen LogP contribution in [0.2, 0.25) is 0 Å². The molecule has 1 amide bonds. The fourth-order valence-electron chi connectivity index (χ4n) is 0.956. The van der Waals surface area contributed by atoms with Gasteiger partial charge in [0.15, 0.2) is 5.13 Å². The van der Waals surface area contributed by atoms with Crippen LogP contribution in [0, 0.1) is 6.92 Å². The van der Waals surface area contributed by atoms with Gasteiger partial charge >= 0.3 is 0 Å². The molecule has 0 saturated heterocycles. The van der Waals surface area contributed by atoms with Gasteiger partial charge in [0, 0.05) is 6.04 Å². The van der Waals surface area contributed by atoms with Gasteiger partial charge in [-0.15, -0.1) is 0 Å². The van der Waals surface area contributed by atoms with E-state index in [-0.39, 0.29) is 11.9 Å². The van der Waals surface area contributed by atoms with Crippen LogP contribution in [0.5, 0.6) is 0 Å². The largest absolute Gasteiger partial charge is 0.375 e. The summed E-state index contributed by atoms with van der Waals surface area (Å²) in [5.74, 6) is -0.0956. The number of hydrogen-bond acceptors (Lipinski definition) is 4. The van der Waals surface area contributed by atoms with Crippen molar-refractivity contribution in [2.45, 2.75) is 26.8 Å². The SMILES string of the molecule is Cc1nc(N)sc1C(=O)NC(C)C. The number of nitrogens with one attached hydrogen (secondary N) is 1. The quantitative estimate of drug-likeness (QED) is 0.751. The lowest BCUT2D eigenvalue weighted by molar-refractivity contribution is 0.0946. The van der Waals surface area contributed by atoms with Crippen LogP contribution in [0.1, 0.15) is 29.2 Å². The summed E-state index contributed by atoms with van der Waals surface area (Å²) in [5, 5.41) is 3.23. The van der Waals surface area contributed by atoms with E-state index in [1.165, 1.54) is 11.3 Å². The van der Waals surface area contributed by atoms with Crippen LogP contribution < -0.4 is 11.1 Å². The van der Waals surface area contributed by atoms with E-state index in [1.54, 1.807) is 6.92 Å². The van der Waals surface area contributed by atoms with Crippen molar-refractivity contribution < 1.29 is 4.79 Å². The highest BCUT2D eigenvalue weighted by Gasteiger charge is 2.14. The summed E-state index contributed by atoms with van der Waals surface area (Å²) in [7, 11) is 0. The van der Waals surface area contributed by atoms with E-state index in [2.05, 4.69) is 10.3 Å². The van der Waals surface area contributed by atoms with Crippen molar-refractivity contribution in [2.75, 3.05) is 5.73 Å². The van der Waals surface area contributed by atoms with E-state index in [0.29, 0.717) is 15.7 Å². The minimum Gasteiger partial charge on any atom is -0.375 e. The molecule has 1 heterocycles. The summed E-state index contributed by atoms with van der Waals surface area (Å²) in [6.07, 6.45) is 0. The first-order chi connectivity index (χ1) is 6.00. The standard InChI is InChI=1S/C8H13N3OS/c1-4(2)10-7(12)6-5(3)11-8(9)13-6/h4H,1-3H3,(H2,9,11)(H,10,12). The Morgan fingerprint density at radius 3 is 2.62 bits per heavy atom. The van der Waals surface area contributed by atoms with Crippen molar-refractivity contribution in [3.63, 3.8) is 0 Å². The van der Waals surface area contributed by atoms with Crippen molar-refractivity contribution in [3.8, 4) is 0 Å². The predicted molar refractivity (Wildman–Crippen MR) is 53.9 cm³/mol. The molecule has 0 aliphatic carbocycles. The van der Waals surface area contributed by atoms with Gasteiger partial charge in [-0.05, 0) is 20.8 Å². The van der Waals surface area contributed by atoms with Gasteiger partial charge in [-0.2, -0.15) is 0 Å². The Balaban J connectivity index is 2.82. The Labute approximate surface area is 81.2 Å². The molecular weight excluding hydrogens is 186 g/mol. The van der Waals surface area contributed by atoms with Gasteiger partial charge in [-0.25, -0.2) is 4.98 Å². The smallest absolute Gasteiger partial charge is 0.263 e. The molecule has 4 nitrogen and oxygen atoms in total. The molecule has 3 N–H and O–H groups in total. The molecule has 1 rings (SSSR count). The van der Waals surface area contributed by atoms with Gasteiger partial charge in [-0.1, -0.05) is 11.3 Å². The number of aryl methyl sites for hydroxylation is 1. The maximum absolute atomic E-state index is 11.5. The molecule has 0 saturated carbocycles. The van der Waals surface area contributed by atoms with E-state index in [0.717, 1.165) is 0 Å². The maximum Gasteiger partial charge on any atom is 0.263 e. The molecular formula is C8H13N3OS. The van der Waals surface area contributed by atoms with Crippen LogP contribution in [0.3, 0.4) is 0 Å². The maximum atomic E-state index is 11.5. The van der Waals surface area contributed by atoms with Gasteiger partial charge in [0.2, 0.25) is 0 Å². The number of aromatic nitrogens is 1. The molecule has 0 spiro atoms. The van der Waals surface area contributed by atoms with Crippen molar-refractivity contribution in [2.24, 2.45) is 0 Å². The highest BCUT2D eigenvalue weighted by molar-refractivity contribution is 7.17. The molecule has 5 heteroatoms. The Kier molecular flexibility index (Phi) is 2.87. The topological polar surface area (TPSA) is 68.0 Å². The molecule has 0 bridgehead atoms. The van der Waals surface area contributed by atoms with E-state index in [9.17, 15) is 4.79 Å². The molecule has 0 aromatic carbocycles. The second kappa shape index (κ2) is 3.74. The minimum absolute atomic E-state index is 0.0956. The lowest BCUT2D eigenvalue weighted by Crippen LogP contribution is -2.29. The minimum atomic E-state index is -0.0956. The summed E-state index contributed by atoms with van der Waals surface area (Å²) in [6, 6.07) is 0.134. The molecule has 13 heavy (non-hydrogen) atoms. The van der Waals surface area contributed by atoms with Crippen molar-refractivity contribution in [1.82, 2.24) is 10.3 Å². The highest BCUT2D eigenvalue weighted by Crippen LogP contribution is 2.19. The molecule has 1 aromatic rings. The third-order valence-corrected chi connectivity index (χ3v) is 2.42. The number of thiazole rings is 1. The van der Waals surface area contributed by atoms with Crippen LogP contribution in [0.15, 0.2) is 0 Å². The van der Waals surface area contributed by atoms with Crippen molar-refractivity contribution >= 4 is 22.4 Å². The molecule has 0 atom stereocenters. The third kappa shape index (κ3) is 2.42. The Bertz CT molecular complexity index is 319. The molecule has 0 unspecified atom stereocenters. The fourth-order valence-corrected chi connectivity index (χ4v) is 1.69. The zero-order chi connectivity index (χ0) is 10.0. The zero-order valence-corrected chi connectivity index (χ0v) is 8.73. The summed E-state index contributed by atoms with van der Waals surface area (Å²) in [4.78, 5) is 16.1. The van der Waals surface area contributed by atoms with E-state index in [1.807, 2.05) is 13.8 Å². The number of amides is 1. The van der Waals surface area contributed by atoms with Crippen molar-refractivity contribution in [3.05, 3.63) is 10.6 Å². The van der Waals surface area contributed by atoms with Gasteiger partial charge in [-0.3, -0.25) is 4.79 Å². The van der Waals surface area contributed by atoms with Gasteiger partial charge in [0.25, 0.3) is 5.91 Å². The number of rotatable bonds is 2. The number of nitrogen functional groups attached to an aromatic ring is 1. The van der Waals surface area contributed by atoms with Crippen LogP contribution in [0.25, 0.3) is 0 Å². The number of carbonyl (C=O) groups excluding carboxylic acids is 1.